The Labute approximate surface area is 156 Å². The summed E-state index contributed by atoms with van der Waals surface area (Å²) in [5.74, 6) is -0.609. The van der Waals surface area contributed by atoms with Crippen molar-refractivity contribution in [3.63, 3.8) is 0 Å². The Balaban J connectivity index is 1.93. The van der Waals surface area contributed by atoms with Crippen molar-refractivity contribution in [3.8, 4) is 11.5 Å². The van der Waals surface area contributed by atoms with Gasteiger partial charge in [-0.15, -0.1) is 0 Å². The molecule has 0 N–H and O–H groups in total. The molecule has 2 aromatic carbocycles. The number of rotatable bonds is 5. The smallest absolute Gasteiger partial charge is 0.387 e. The molecule has 0 unspecified atom stereocenters. The topological polar surface area (TPSA) is 57.1 Å². The van der Waals surface area contributed by atoms with Gasteiger partial charge in [0.05, 0.1) is 7.11 Å². The van der Waals surface area contributed by atoms with Crippen LogP contribution >= 0.6 is 15.9 Å². The third kappa shape index (κ3) is 3.91. The highest BCUT2D eigenvalue weighted by molar-refractivity contribution is 9.10. The number of benzene rings is 2. The minimum atomic E-state index is -2.98. The second-order valence-electron chi connectivity index (χ2n) is 5.10. The summed E-state index contributed by atoms with van der Waals surface area (Å²) in [6.45, 7) is -2.98. The maximum absolute atomic E-state index is 12.4. The van der Waals surface area contributed by atoms with E-state index < -0.39 is 12.6 Å². The highest BCUT2D eigenvalue weighted by Gasteiger charge is 2.25. The zero-order chi connectivity index (χ0) is 18.7. The second kappa shape index (κ2) is 7.65. The molecule has 0 fully saturated rings. The van der Waals surface area contributed by atoms with Gasteiger partial charge in [-0.3, -0.25) is 0 Å². The number of cyclic esters (lactones) is 1. The van der Waals surface area contributed by atoms with Crippen LogP contribution in [0.5, 0.6) is 11.5 Å². The van der Waals surface area contributed by atoms with Gasteiger partial charge in [0.25, 0.3) is 0 Å². The Morgan fingerprint density at radius 3 is 2.65 bits per heavy atom. The summed E-state index contributed by atoms with van der Waals surface area (Å²) in [7, 11) is 1.32. The van der Waals surface area contributed by atoms with Gasteiger partial charge in [0.1, 0.15) is 0 Å². The Morgan fingerprint density at radius 1 is 1.19 bits per heavy atom. The van der Waals surface area contributed by atoms with E-state index in [2.05, 4.69) is 25.7 Å². The Hall–Kier alpha value is -2.74. The van der Waals surface area contributed by atoms with Crippen LogP contribution in [0.1, 0.15) is 11.1 Å². The first-order valence-corrected chi connectivity index (χ1v) is 8.17. The summed E-state index contributed by atoms with van der Waals surface area (Å²) in [5.41, 5.74) is 1.29. The monoisotopic (exact) mass is 423 g/mol. The molecule has 0 aromatic heterocycles. The lowest BCUT2D eigenvalue weighted by atomic mass is 10.2. The van der Waals surface area contributed by atoms with E-state index in [1.54, 1.807) is 6.08 Å². The minimum Gasteiger partial charge on any atom is -0.493 e. The van der Waals surface area contributed by atoms with Gasteiger partial charge in [0.15, 0.2) is 17.2 Å². The SMILES string of the molecule is COc1cc(C2=NC(=Cc3ccccc3Br)C(=O)O2)ccc1OC(F)F. The van der Waals surface area contributed by atoms with Gasteiger partial charge in [-0.05, 0) is 35.9 Å². The van der Waals surface area contributed by atoms with Crippen LogP contribution in [0.3, 0.4) is 0 Å². The number of alkyl halides is 2. The number of carbonyl (C=O) groups is 1. The molecule has 8 heteroatoms. The molecule has 0 atom stereocenters. The van der Waals surface area contributed by atoms with Crippen molar-refractivity contribution < 1.29 is 27.8 Å². The fraction of sp³-hybridized carbons (Fsp3) is 0.111. The molecule has 5 nitrogen and oxygen atoms in total. The highest BCUT2D eigenvalue weighted by Crippen LogP contribution is 2.31. The van der Waals surface area contributed by atoms with E-state index >= 15 is 0 Å². The lowest BCUT2D eigenvalue weighted by Crippen LogP contribution is -2.07. The van der Waals surface area contributed by atoms with Gasteiger partial charge in [-0.1, -0.05) is 34.1 Å². The molecule has 26 heavy (non-hydrogen) atoms. The van der Waals surface area contributed by atoms with E-state index in [1.807, 2.05) is 24.3 Å². The highest BCUT2D eigenvalue weighted by atomic mass is 79.9. The average Bonchev–Trinajstić information content (AvgIpc) is 2.97. The third-order valence-corrected chi connectivity index (χ3v) is 4.17. The van der Waals surface area contributed by atoms with Crippen molar-refractivity contribution in [1.29, 1.82) is 0 Å². The molecule has 1 aliphatic heterocycles. The van der Waals surface area contributed by atoms with Crippen LogP contribution in [-0.2, 0) is 9.53 Å². The molecular weight excluding hydrogens is 412 g/mol. The molecule has 3 rings (SSSR count). The summed E-state index contributed by atoms with van der Waals surface area (Å²) >= 11 is 3.39. The van der Waals surface area contributed by atoms with Crippen LogP contribution in [0.4, 0.5) is 8.78 Å². The van der Waals surface area contributed by atoms with Gasteiger partial charge < -0.3 is 14.2 Å². The van der Waals surface area contributed by atoms with Gasteiger partial charge >= 0.3 is 12.6 Å². The fourth-order valence-corrected chi connectivity index (χ4v) is 2.67. The van der Waals surface area contributed by atoms with E-state index in [0.29, 0.717) is 5.56 Å². The molecule has 134 valence electrons. The van der Waals surface area contributed by atoms with Crippen molar-refractivity contribution in [3.05, 3.63) is 63.8 Å². The van der Waals surface area contributed by atoms with Crippen LogP contribution in [0.2, 0.25) is 0 Å². The molecule has 1 aliphatic rings. The lowest BCUT2D eigenvalue weighted by Gasteiger charge is -2.10. The molecule has 0 bridgehead atoms. The van der Waals surface area contributed by atoms with Crippen molar-refractivity contribution in [2.75, 3.05) is 7.11 Å². The summed E-state index contributed by atoms with van der Waals surface area (Å²) < 4.78 is 40.2. The molecule has 0 spiro atoms. The number of carbonyl (C=O) groups excluding carboxylic acids is 1. The van der Waals surface area contributed by atoms with E-state index in [4.69, 9.17) is 9.47 Å². The minimum absolute atomic E-state index is 0.0511. The zero-order valence-electron chi connectivity index (χ0n) is 13.4. The normalized spacial score (nSPS) is 15.2. The number of esters is 1. The Bertz CT molecular complexity index is 912. The first-order valence-electron chi connectivity index (χ1n) is 7.38. The van der Waals surface area contributed by atoms with Gasteiger partial charge in [0.2, 0.25) is 5.90 Å². The first-order chi connectivity index (χ1) is 12.5. The van der Waals surface area contributed by atoms with Gasteiger partial charge in [-0.2, -0.15) is 8.78 Å². The summed E-state index contributed by atoms with van der Waals surface area (Å²) in [6.07, 6.45) is 1.59. The van der Waals surface area contributed by atoms with Crippen LogP contribution in [0.25, 0.3) is 6.08 Å². The largest absolute Gasteiger partial charge is 0.493 e. The molecule has 0 aliphatic carbocycles. The zero-order valence-corrected chi connectivity index (χ0v) is 15.0. The van der Waals surface area contributed by atoms with Gasteiger partial charge in [0, 0.05) is 10.0 Å². The van der Waals surface area contributed by atoms with E-state index in [0.717, 1.165) is 10.0 Å². The summed E-state index contributed by atoms with van der Waals surface area (Å²) in [6, 6.07) is 11.5. The van der Waals surface area contributed by atoms with Crippen LogP contribution in [-0.4, -0.2) is 25.6 Å². The third-order valence-electron chi connectivity index (χ3n) is 3.44. The molecule has 1 heterocycles. The quantitative estimate of drug-likeness (QED) is 0.528. The predicted molar refractivity (Wildman–Crippen MR) is 94.4 cm³/mol. The lowest BCUT2D eigenvalue weighted by molar-refractivity contribution is -0.129. The second-order valence-corrected chi connectivity index (χ2v) is 5.96. The predicted octanol–water partition coefficient (Wildman–Crippen LogP) is 4.40. The summed E-state index contributed by atoms with van der Waals surface area (Å²) in [4.78, 5) is 16.2. The number of nitrogens with zero attached hydrogens (tertiary/aromatic N) is 1. The molecule has 0 saturated carbocycles. The molecule has 2 aromatic rings. The van der Waals surface area contributed by atoms with E-state index in [9.17, 15) is 13.6 Å². The Morgan fingerprint density at radius 2 is 1.96 bits per heavy atom. The van der Waals surface area contributed by atoms with E-state index in [1.165, 1.54) is 25.3 Å². The maximum atomic E-state index is 12.4. The first kappa shape index (κ1) is 18.1. The maximum Gasteiger partial charge on any atom is 0.387 e. The standard InChI is InChI=1S/C18H12BrF2NO4/c1-24-15-9-11(6-7-14(15)25-18(20)21)16-22-13(17(23)26-16)8-10-4-2-3-5-12(10)19/h2-9,18H,1H3. The molecule has 0 saturated heterocycles. The number of hydrogen-bond acceptors (Lipinski definition) is 5. The van der Waals surface area contributed by atoms with E-state index in [-0.39, 0.29) is 23.1 Å². The number of aliphatic imine (C=N–C) groups is 1. The summed E-state index contributed by atoms with van der Waals surface area (Å²) in [5, 5.41) is 0. The van der Waals surface area contributed by atoms with Crippen LogP contribution in [0.15, 0.2) is 57.6 Å². The molecule has 0 radical (unpaired) electrons. The van der Waals surface area contributed by atoms with Crippen LogP contribution in [0, 0.1) is 0 Å². The Kier molecular flexibility index (Phi) is 5.32. The number of hydrogen-bond donors (Lipinski definition) is 0. The molecule has 0 amide bonds. The average molecular weight is 424 g/mol. The number of halogens is 3. The van der Waals surface area contributed by atoms with Crippen molar-refractivity contribution >= 4 is 33.9 Å². The fourth-order valence-electron chi connectivity index (χ4n) is 2.27. The van der Waals surface area contributed by atoms with Crippen molar-refractivity contribution in [2.24, 2.45) is 4.99 Å². The number of ether oxygens (including phenoxy) is 3. The number of methoxy groups -OCH3 is 1. The van der Waals surface area contributed by atoms with Crippen molar-refractivity contribution in [2.45, 2.75) is 6.61 Å². The van der Waals surface area contributed by atoms with Crippen molar-refractivity contribution in [1.82, 2.24) is 0 Å². The van der Waals surface area contributed by atoms with Crippen LogP contribution < -0.4 is 9.47 Å². The molecular formula is C18H12BrF2NO4. The van der Waals surface area contributed by atoms with Gasteiger partial charge in [-0.25, -0.2) is 9.79 Å².